The molecule has 1 saturated heterocycles. The van der Waals surface area contributed by atoms with E-state index in [4.69, 9.17) is 9.47 Å². The van der Waals surface area contributed by atoms with Crippen molar-refractivity contribution < 1.29 is 23.8 Å². The molecule has 0 bridgehead atoms. The Hall–Kier alpha value is -1.66. The summed E-state index contributed by atoms with van der Waals surface area (Å²) in [5.74, 6) is -0.656. The van der Waals surface area contributed by atoms with Crippen molar-refractivity contribution in [1.82, 2.24) is 4.90 Å². The number of aliphatic hydroxyl groups excluding tert-OH is 1. The molecule has 0 radical (unpaired) electrons. The lowest BCUT2D eigenvalue weighted by Gasteiger charge is -2.34. The van der Waals surface area contributed by atoms with Gasteiger partial charge in [0.2, 0.25) is 0 Å². The fourth-order valence-corrected chi connectivity index (χ4v) is 2.12. The van der Waals surface area contributed by atoms with Gasteiger partial charge >= 0.3 is 0 Å². The van der Waals surface area contributed by atoms with Crippen LogP contribution < -0.4 is 4.74 Å². The van der Waals surface area contributed by atoms with E-state index in [0.29, 0.717) is 18.9 Å². The van der Waals surface area contributed by atoms with Crippen LogP contribution in [0.15, 0.2) is 18.2 Å². The number of carbonyl (C=O) groups excluding carboxylic acids is 1. The second-order valence-corrected chi connectivity index (χ2v) is 4.75. The first-order valence-corrected chi connectivity index (χ1v) is 6.45. The van der Waals surface area contributed by atoms with Crippen LogP contribution in [0.5, 0.6) is 5.75 Å². The maximum absolute atomic E-state index is 13.9. The van der Waals surface area contributed by atoms with Crippen molar-refractivity contribution in [3.8, 4) is 5.75 Å². The van der Waals surface area contributed by atoms with E-state index >= 15 is 0 Å². The van der Waals surface area contributed by atoms with Crippen molar-refractivity contribution in [2.75, 3.05) is 26.8 Å². The van der Waals surface area contributed by atoms with E-state index < -0.39 is 23.9 Å². The highest BCUT2D eigenvalue weighted by molar-refractivity contribution is 5.94. The molecule has 2 unspecified atom stereocenters. The summed E-state index contributed by atoms with van der Waals surface area (Å²) in [6.45, 7) is 2.57. The molecule has 0 aromatic heterocycles. The molecule has 1 aromatic carbocycles. The molecule has 6 heteroatoms. The van der Waals surface area contributed by atoms with Crippen LogP contribution in [0.25, 0.3) is 0 Å². The third-order valence-corrected chi connectivity index (χ3v) is 3.33. The molecule has 1 aromatic rings. The van der Waals surface area contributed by atoms with Crippen LogP contribution >= 0.6 is 0 Å². The Morgan fingerprint density at radius 2 is 2.35 bits per heavy atom. The largest absolute Gasteiger partial charge is 0.497 e. The molecule has 110 valence electrons. The smallest absolute Gasteiger partial charge is 0.257 e. The Labute approximate surface area is 116 Å². The van der Waals surface area contributed by atoms with Gasteiger partial charge in [-0.1, -0.05) is 0 Å². The first-order valence-electron chi connectivity index (χ1n) is 6.45. The van der Waals surface area contributed by atoms with Crippen LogP contribution in [0.1, 0.15) is 17.3 Å². The van der Waals surface area contributed by atoms with Crippen LogP contribution in [0, 0.1) is 5.82 Å². The fourth-order valence-electron chi connectivity index (χ4n) is 2.12. The summed E-state index contributed by atoms with van der Waals surface area (Å²) in [7, 11) is 1.44. The molecule has 1 aliphatic heterocycles. The summed E-state index contributed by atoms with van der Waals surface area (Å²) in [6, 6.07) is 4.13. The number of halogens is 1. The number of nitrogens with zero attached hydrogens (tertiary/aromatic N) is 1. The van der Waals surface area contributed by atoms with E-state index in [-0.39, 0.29) is 12.1 Å². The van der Waals surface area contributed by atoms with Gasteiger partial charge in [0.05, 0.1) is 25.4 Å². The molecule has 1 fully saturated rings. The molecule has 5 nitrogen and oxygen atoms in total. The number of rotatable bonds is 3. The number of benzene rings is 1. The zero-order valence-electron chi connectivity index (χ0n) is 11.5. The van der Waals surface area contributed by atoms with E-state index in [1.807, 2.05) is 0 Å². The summed E-state index contributed by atoms with van der Waals surface area (Å²) in [4.78, 5) is 13.8. The minimum absolute atomic E-state index is 0.00274. The second kappa shape index (κ2) is 6.19. The first kappa shape index (κ1) is 14.7. The molecule has 20 heavy (non-hydrogen) atoms. The minimum atomic E-state index is -0.675. The van der Waals surface area contributed by atoms with Crippen LogP contribution in [0.3, 0.4) is 0 Å². The highest BCUT2D eigenvalue weighted by Gasteiger charge is 2.29. The Morgan fingerprint density at radius 3 is 2.95 bits per heavy atom. The summed E-state index contributed by atoms with van der Waals surface area (Å²) in [5, 5.41) is 9.52. The quantitative estimate of drug-likeness (QED) is 0.901. The van der Waals surface area contributed by atoms with Crippen molar-refractivity contribution in [1.29, 1.82) is 0 Å². The molecule has 1 N–H and O–H groups in total. The molecule has 1 aliphatic rings. The maximum atomic E-state index is 13.9. The standard InChI is InChI=1S/C14H18FNO4/c1-9(17)13-8-16(5-6-20-13)14(18)11-4-3-10(19-2)7-12(11)15/h3-4,7,9,13,17H,5-6,8H2,1-2H3. The Kier molecular flexibility index (Phi) is 4.57. The molecular formula is C14H18FNO4. The third kappa shape index (κ3) is 3.08. The molecule has 0 aliphatic carbocycles. The molecule has 1 amide bonds. The summed E-state index contributed by atoms with van der Waals surface area (Å²) >= 11 is 0. The van der Waals surface area contributed by atoms with Gasteiger partial charge in [-0.3, -0.25) is 4.79 Å². The topological polar surface area (TPSA) is 59.0 Å². The van der Waals surface area contributed by atoms with E-state index in [0.717, 1.165) is 0 Å². The predicted molar refractivity (Wildman–Crippen MR) is 70.3 cm³/mol. The SMILES string of the molecule is COc1ccc(C(=O)N2CCOC(C(C)O)C2)c(F)c1. The second-order valence-electron chi connectivity index (χ2n) is 4.75. The number of amides is 1. The van der Waals surface area contributed by atoms with Crippen molar-refractivity contribution in [2.24, 2.45) is 0 Å². The van der Waals surface area contributed by atoms with Crippen molar-refractivity contribution in [3.63, 3.8) is 0 Å². The Balaban J connectivity index is 2.14. The van der Waals surface area contributed by atoms with Gasteiger partial charge in [0, 0.05) is 19.2 Å². The number of aliphatic hydroxyl groups is 1. The molecule has 0 saturated carbocycles. The van der Waals surface area contributed by atoms with Crippen LogP contribution in [0.4, 0.5) is 4.39 Å². The van der Waals surface area contributed by atoms with Gasteiger partial charge in [-0.25, -0.2) is 4.39 Å². The maximum Gasteiger partial charge on any atom is 0.257 e. The van der Waals surface area contributed by atoms with Crippen LogP contribution in [-0.2, 0) is 4.74 Å². The van der Waals surface area contributed by atoms with Gasteiger partial charge in [0.15, 0.2) is 0 Å². The number of hydrogen-bond donors (Lipinski definition) is 1. The molecule has 0 spiro atoms. The van der Waals surface area contributed by atoms with Crippen LogP contribution in [0.2, 0.25) is 0 Å². The van der Waals surface area contributed by atoms with Gasteiger partial charge in [0.1, 0.15) is 17.7 Å². The highest BCUT2D eigenvalue weighted by atomic mass is 19.1. The molecule has 2 rings (SSSR count). The van der Waals surface area contributed by atoms with Crippen molar-refractivity contribution in [3.05, 3.63) is 29.6 Å². The van der Waals surface area contributed by atoms with Crippen LogP contribution in [-0.4, -0.2) is 54.9 Å². The number of methoxy groups -OCH3 is 1. The predicted octanol–water partition coefficient (Wildman–Crippen LogP) is 1.06. The third-order valence-electron chi connectivity index (χ3n) is 3.33. The Bertz CT molecular complexity index is 492. The average molecular weight is 283 g/mol. The van der Waals surface area contributed by atoms with E-state index in [1.165, 1.54) is 24.1 Å². The summed E-state index contributed by atoms with van der Waals surface area (Å²) < 4.78 is 24.2. The van der Waals surface area contributed by atoms with E-state index in [9.17, 15) is 14.3 Å². The average Bonchev–Trinajstić information content (AvgIpc) is 2.46. The fraction of sp³-hybridized carbons (Fsp3) is 0.500. The highest BCUT2D eigenvalue weighted by Crippen LogP contribution is 2.19. The normalized spacial score (nSPS) is 20.6. The molecule has 2 atom stereocenters. The lowest BCUT2D eigenvalue weighted by Crippen LogP contribution is -2.49. The van der Waals surface area contributed by atoms with Gasteiger partial charge in [0.25, 0.3) is 5.91 Å². The number of hydrogen-bond acceptors (Lipinski definition) is 4. The van der Waals surface area contributed by atoms with Gasteiger partial charge in [-0.05, 0) is 19.1 Å². The van der Waals surface area contributed by atoms with Gasteiger partial charge in [-0.2, -0.15) is 0 Å². The number of ether oxygens (including phenoxy) is 2. The Morgan fingerprint density at radius 1 is 1.60 bits per heavy atom. The summed E-state index contributed by atoms with van der Waals surface area (Å²) in [6.07, 6.45) is -1.11. The van der Waals surface area contributed by atoms with Gasteiger partial charge in [-0.15, -0.1) is 0 Å². The zero-order valence-corrected chi connectivity index (χ0v) is 11.5. The van der Waals surface area contributed by atoms with E-state index in [1.54, 1.807) is 13.0 Å². The van der Waals surface area contributed by atoms with E-state index in [2.05, 4.69) is 0 Å². The number of carbonyl (C=O) groups is 1. The van der Waals surface area contributed by atoms with Gasteiger partial charge < -0.3 is 19.5 Å². The van der Waals surface area contributed by atoms with Crippen molar-refractivity contribution >= 4 is 5.91 Å². The van der Waals surface area contributed by atoms with Crippen molar-refractivity contribution in [2.45, 2.75) is 19.1 Å². The molecule has 1 heterocycles. The lowest BCUT2D eigenvalue weighted by molar-refractivity contribution is -0.0745. The summed E-state index contributed by atoms with van der Waals surface area (Å²) in [5.41, 5.74) is -0.00274. The first-order chi connectivity index (χ1) is 9.52. The monoisotopic (exact) mass is 283 g/mol. The molecular weight excluding hydrogens is 265 g/mol. The minimum Gasteiger partial charge on any atom is -0.497 e. The zero-order chi connectivity index (χ0) is 14.7. The number of morpholine rings is 1. The lowest BCUT2D eigenvalue weighted by atomic mass is 10.1.